The second kappa shape index (κ2) is 5.29. The van der Waals surface area contributed by atoms with Crippen molar-refractivity contribution in [3.05, 3.63) is 58.3 Å². The van der Waals surface area contributed by atoms with Crippen LogP contribution >= 0.6 is 15.9 Å². The van der Waals surface area contributed by atoms with Crippen LogP contribution in [0.3, 0.4) is 0 Å². The van der Waals surface area contributed by atoms with Gasteiger partial charge in [0.05, 0.1) is 6.61 Å². The van der Waals surface area contributed by atoms with Crippen LogP contribution in [0.2, 0.25) is 0 Å². The Hall–Kier alpha value is -1.39. The molecule has 0 aliphatic rings. The molecule has 0 bridgehead atoms. The van der Waals surface area contributed by atoms with E-state index in [0.717, 1.165) is 4.47 Å². The van der Waals surface area contributed by atoms with Crippen LogP contribution in [0.5, 0.6) is 11.5 Å². The van der Waals surface area contributed by atoms with Gasteiger partial charge in [-0.2, -0.15) is 0 Å². The molecule has 88 valence electrons. The highest BCUT2D eigenvalue weighted by Gasteiger charge is 2.08. The van der Waals surface area contributed by atoms with E-state index >= 15 is 0 Å². The Kier molecular flexibility index (Phi) is 3.76. The molecular formula is C13H10BrFO2. The van der Waals surface area contributed by atoms with Gasteiger partial charge in [0, 0.05) is 10.0 Å². The molecule has 0 heterocycles. The molecule has 2 nitrogen and oxygen atoms in total. The molecule has 0 aromatic heterocycles. The monoisotopic (exact) mass is 296 g/mol. The zero-order valence-electron chi connectivity index (χ0n) is 8.86. The largest absolute Gasteiger partial charge is 0.454 e. The molecule has 1 N–H and O–H groups in total. The van der Waals surface area contributed by atoms with Crippen molar-refractivity contribution in [3.63, 3.8) is 0 Å². The maximum Gasteiger partial charge on any atom is 0.165 e. The Bertz CT molecular complexity index is 529. The molecule has 17 heavy (non-hydrogen) atoms. The van der Waals surface area contributed by atoms with Gasteiger partial charge in [0.2, 0.25) is 0 Å². The van der Waals surface area contributed by atoms with E-state index in [1.807, 2.05) is 0 Å². The molecule has 0 fully saturated rings. The summed E-state index contributed by atoms with van der Waals surface area (Å²) in [6.07, 6.45) is 0. The minimum Gasteiger partial charge on any atom is -0.454 e. The van der Waals surface area contributed by atoms with E-state index in [9.17, 15) is 4.39 Å². The molecule has 2 aromatic rings. The number of benzene rings is 2. The lowest BCUT2D eigenvalue weighted by Crippen LogP contribution is -1.93. The van der Waals surface area contributed by atoms with Gasteiger partial charge in [-0.05, 0) is 24.3 Å². The Morgan fingerprint density at radius 1 is 1.12 bits per heavy atom. The van der Waals surface area contributed by atoms with Crippen molar-refractivity contribution >= 4 is 15.9 Å². The smallest absolute Gasteiger partial charge is 0.165 e. The molecule has 0 aliphatic carbocycles. The van der Waals surface area contributed by atoms with Gasteiger partial charge in [-0.25, -0.2) is 4.39 Å². The fourth-order valence-electron chi connectivity index (χ4n) is 1.41. The number of rotatable bonds is 3. The van der Waals surface area contributed by atoms with Crippen molar-refractivity contribution in [2.45, 2.75) is 6.61 Å². The molecule has 2 rings (SSSR count). The van der Waals surface area contributed by atoms with Crippen LogP contribution in [0, 0.1) is 5.82 Å². The highest BCUT2D eigenvalue weighted by molar-refractivity contribution is 9.10. The number of hydrogen-bond acceptors (Lipinski definition) is 2. The summed E-state index contributed by atoms with van der Waals surface area (Å²) in [6.45, 7) is -0.147. The lowest BCUT2D eigenvalue weighted by Gasteiger charge is -2.10. The van der Waals surface area contributed by atoms with Gasteiger partial charge in [-0.1, -0.05) is 34.1 Å². The van der Waals surface area contributed by atoms with Crippen LogP contribution < -0.4 is 4.74 Å². The van der Waals surface area contributed by atoms with E-state index in [4.69, 9.17) is 9.84 Å². The molecule has 0 radical (unpaired) electrons. The van der Waals surface area contributed by atoms with Crippen LogP contribution in [-0.2, 0) is 6.61 Å². The molecule has 4 heteroatoms. The summed E-state index contributed by atoms with van der Waals surface area (Å²) in [5.41, 5.74) is 0.617. The van der Waals surface area contributed by atoms with Gasteiger partial charge < -0.3 is 9.84 Å². The quantitative estimate of drug-likeness (QED) is 0.931. The molecule has 0 saturated carbocycles. The molecule has 2 aromatic carbocycles. The predicted octanol–water partition coefficient (Wildman–Crippen LogP) is 3.87. The first kappa shape index (κ1) is 12.1. The molecule has 0 atom stereocenters. The zero-order chi connectivity index (χ0) is 12.3. The van der Waals surface area contributed by atoms with Gasteiger partial charge >= 0.3 is 0 Å². The van der Waals surface area contributed by atoms with Crippen LogP contribution in [0.25, 0.3) is 0 Å². The fraction of sp³-hybridized carbons (Fsp3) is 0.0769. The van der Waals surface area contributed by atoms with Crippen molar-refractivity contribution in [1.82, 2.24) is 0 Å². The van der Waals surface area contributed by atoms with Crippen LogP contribution in [0.1, 0.15) is 5.56 Å². The third-order valence-corrected chi connectivity index (χ3v) is 2.75. The van der Waals surface area contributed by atoms with Crippen molar-refractivity contribution in [3.8, 4) is 11.5 Å². The highest BCUT2D eigenvalue weighted by Crippen LogP contribution is 2.29. The molecule has 0 amide bonds. The van der Waals surface area contributed by atoms with Crippen molar-refractivity contribution < 1.29 is 14.2 Å². The molecule has 0 unspecified atom stereocenters. The molecule has 0 spiro atoms. The molecule has 0 saturated heterocycles. The molecular weight excluding hydrogens is 287 g/mol. The van der Waals surface area contributed by atoms with E-state index in [-0.39, 0.29) is 12.4 Å². The topological polar surface area (TPSA) is 29.5 Å². The van der Waals surface area contributed by atoms with Crippen LogP contribution in [0.4, 0.5) is 4.39 Å². The van der Waals surface area contributed by atoms with Gasteiger partial charge in [0.15, 0.2) is 11.6 Å². The SMILES string of the molecule is OCc1ccccc1Oc1cc(Br)ccc1F. The summed E-state index contributed by atoms with van der Waals surface area (Å²) in [6, 6.07) is 11.4. The lowest BCUT2D eigenvalue weighted by molar-refractivity contribution is 0.276. The highest BCUT2D eigenvalue weighted by atomic mass is 79.9. The first-order chi connectivity index (χ1) is 8.20. The van der Waals surface area contributed by atoms with Gasteiger partial charge in [0.1, 0.15) is 5.75 Å². The van der Waals surface area contributed by atoms with Gasteiger partial charge in [-0.3, -0.25) is 0 Å². The van der Waals surface area contributed by atoms with E-state index in [1.165, 1.54) is 6.07 Å². The third-order valence-electron chi connectivity index (χ3n) is 2.26. The van der Waals surface area contributed by atoms with Gasteiger partial charge in [0.25, 0.3) is 0 Å². The predicted molar refractivity (Wildman–Crippen MR) is 66.5 cm³/mol. The summed E-state index contributed by atoms with van der Waals surface area (Å²) in [5.74, 6) is 0.133. The number of hydrogen-bond donors (Lipinski definition) is 1. The standard InChI is InChI=1S/C13H10BrFO2/c14-10-5-6-11(15)13(7-10)17-12-4-2-1-3-9(12)8-16/h1-7,16H,8H2. The second-order valence-electron chi connectivity index (χ2n) is 3.44. The minimum atomic E-state index is -0.444. The maximum atomic E-state index is 13.5. The fourth-order valence-corrected chi connectivity index (χ4v) is 1.75. The minimum absolute atomic E-state index is 0.125. The number of aliphatic hydroxyl groups is 1. The Balaban J connectivity index is 2.34. The zero-order valence-corrected chi connectivity index (χ0v) is 10.4. The van der Waals surface area contributed by atoms with Gasteiger partial charge in [-0.15, -0.1) is 0 Å². The third kappa shape index (κ3) is 2.84. The van der Waals surface area contributed by atoms with E-state index in [1.54, 1.807) is 36.4 Å². The summed E-state index contributed by atoms with van der Waals surface area (Å²) in [7, 11) is 0. The van der Waals surface area contributed by atoms with E-state index in [2.05, 4.69) is 15.9 Å². The second-order valence-corrected chi connectivity index (χ2v) is 4.36. The number of para-hydroxylation sites is 1. The van der Waals surface area contributed by atoms with Crippen molar-refractivity contribution in [2.24, 2.45) is 0 Å². The number of aliphatic hydroxyl groups excluding tert-OH is 1. The van der Waals surface area contributed by atoms with E-state index in [0.29, 0.717) is 11.3 Å². The molecule has 0 aliphatic heterocycles. The average Bonchev–Trinajstić information content (AvgIpc) is 2.34. The number of halogens is 2. The van der Waals surface area contributed by atoms with Crippen LogP contribution in [-0.4, -0.2) is 5.11 Å². The van der Waals surface area contributed by atoms with Crippen LogP contribution in [0.15, 0.2) is 46.9 Å². The van der Waals surface area contributed by atoms with Crippen molar-refractivity contribution in [1.29, 1.82) is 0 Å². The summed E-state index contributed by atoms with van der Waals surface area (Å²) >= 11 is 3.25. The summed E-state index contributed by atoms with van der Waals surface area (Å²) < 4.78 is 19.7. The maximum absolute atomic E-state index is 13.5. The Morgan fingerprint density at radius 2 is 1.88 bits per heavy atom. The lowest BCUT2D eigenvalue weighted by atomic mass is 10.2. The Morgan fingerprint density at radius 3 is 2.65 bits per heavy atom. The van der Waals surface area contributed by atoms with Crippen molar-refractivity contribution in [2.75, 3.05) is 0 Å². The summed E-state index contributed by atoms with van der Waals surface area (Å²) in [5, 5.41) is 9.14. The average molecular weight is 297 g/mol. The first-order valence-electron chi connectivity index (χ1n) is 5.02. The Labute approximate surface area is 107 Å². The van der Waals surface area contributed by atoms with E-state index < -0.39 is 5.82 Å². The number of ether oxygens (including phenoxy) is 1. The summed E-state index contributed by atoms with van der Waals surface area (Å²) in [4.78, 5) is 0. The first-order valence-corrected chi connectivity index (χ1v) is 5.81. The normalized spacial score (nSPS) is 10.3.